The van der Waals surface area contributed by atoms with Crippen molar-refractivity contribution < 1.29 is 4.79 Å². The van der Waals surface area contributed by atoms with Crippen molar-refractivity contribution in [1.82, 2.24) is 15.2 Å². The van der Waals surface area contributed by atoms with Crippen molar-refractivity contribution >= 4 is 27.8 Å². The van der Waals surface area contributed by atoms with E-state index >= 15 is 0 Å². The molecular weight excluding hydrogens is 368 g/mol. The van der Waals surface area contributed by atoms with Gasteiger partial charge in [-0.25, -0.2) is 0 Å². The zero-order valence-corrected chi connectivity index (χ0v) is 15.4. The van der Waals surface area contributed by atoms with Gasteiger partial charge in [0.15, 0.2) is 5.96 Å². The number of nitrogens with zero attached hydrogens (tertiary/aromatic N) is 2. The van der Waals surface area contributed by atoms with Crippen LogP contribution in [0.25, 0.3) is 11.1 Å². The summed E-state index contributed by atoms with van der Waals surface area (Å²) in [4.78, 5) is 18.0. The van der Waals surface area contributed by atoms with Crippen molar-refractivity contribution in [3.8, 4) is 11.1 Å². The molecule has 2 heterocycles. The van der Waals surface area contributed by atoms with Crippen molar-refractivity contribution in [2.24, 2.45) is 5.92 Å². The summed E-state index contributed by atoms with van der Waals surface area (Å²) in [5, 5.41) is 11.2. The third-order valence-electron chi connectivity index (χ3n) is 4.78. The van der Waals surface area contributed by atoms with Crippen LogP contribution in [0.3, 0.4) is 0 Å². The van der Waals surface area contributed by atoms with Gasteiger partial charge in [-0.3, -0.25) is 20.1 Å². The minimum atomic E-state index is -0.629. The second-order valence-electron chi connectivity index (χ2n) is 6.27. The molecule has 5 nitrogen and oxygen atoms in total. The van der Waals surface area contributed by atoms with Crippen molar-refractivity contribution in [1.29, 1.82) is 5.41 Å². The van der Waals surface area contributed by atoms with Gasteiger partial charge in [0.25, 0.3) is 0 Å². The second-order valence-corrected chi connectivity index (χ2v) is 7.18. The van der Waals surface area contributed by atoms with E-state index in [1.54, 1.807) is 13.2 Å². The fraction of sp³-hybridized carbons (Fsp3) is 0.278. The molecule has 0 aliphatic carbocycles. The lowest BCUT2D eigenvalue weighted by Gasteiger charge is -2.44. The van der Waals surface area contributed by atoms with Crippen LogP contribution in [0, 0.1) is 11.3 Å². The molecule has 1 saturated heterocycles. The van der Waals surface area contributed by atoms with Crippen LogP contribution in [0.2, 0.25) is 0 Å². The summed E-state index contributed by atoms with van der Waals surface area (Å²) in [7, 11) is 1.62. The molecular formula is C18H19BrN4O. The van der Waals surface area contributed by atoms with E-state index in [0.29, 0.717) is 0 Å². The Bertz CT molecular complexity index is 822. The standard InChI is InChI=1S/C18H19BrN4O/c1-11-16(24)23(3)17(20)22-18(11,2)14-6-4-5-12(7-14)13-8-15(19)10-21-9-13/h4-11H,1-3H3,(H2,20,22)/t11-,18+/m1/s1. The lowest BCUT2D eigenvalue weighted by Crippen LogP contribution is -2.62. The summed E-state index contributed by atoms with van der Waals surface area (Å²) >= 11 is 3.44. The average Bonchev–Trinajstić information content (AvgIpc) is 2.58. The lowest BCUT2D eigenvalue weighted by atomic mass is 9.77. The van der Waals surface area contributed by atoms with Gasteiger partial charge in [0, 0.05) is 29.5 Å². The Morgan fingerprint density at radius 3 is 2.75 bits per heavy atom. The van der Waals surface area contributed by atoms with Gasteiger partial charge < -0.3 is 5.32 Å². The van der Waals surface area contributed by atoms with Gasteiger partial charge >= 0.3 is 0 Å². The topological polar surface area (TPSA) is 69.1 Å². The van der Waals surface area contributed by atoms with Gasteiger partial charge in [-0.15, -0.1) is 0 Å². The fourth-order valence-corrected chi connectivity index (χ4v) is 3.36. The second kappa shape index (κ2) is 6.02. The maximum Gasteiger partial charge on any atom is 0.234 e. The molecule has 1 amide bonds. The van der Waals surface area contributed by atoms with Crippen LogP contribution in [0.4, 0.5) is 0 Å². The molecule has 1 aromatic heterocycles. The molecule has 24 heavy (non-hydrogen) atoms. The highest BCUT2D eigenvalue weighted by Crippen LogP contribution is 2.35. The number of aromatic nitrogens is 1. The maximum absolute atomic E-state index is 12.5. The number of pyridine rings is 1. The maximum atomic E-state index is 12.5. The molecule has 0 bridgehead atoms. The van der Waals surface area contributed by atoms with Gasteiger partial charge in [-0.2, -0.15) is 0 Å². The fourth-order valence-electron chi connectivity index (χ4n) is 3.00. The normalized spacial score (nSPS) is 24.0. The van der Waals surface area contributed by atoms with Crippen molar-refractivity contribution in [3.05, 3.63) is 52.8 Å². The van der Waals surface area contributed by atoms with Crippen molar-refractivity contribution in [2.75, 3.05) is 7.05 Å². The van der Waals surface area contributed by atoms with Gasteiger partial charge in [0.1, 0.15) is 0 Å². The van der Waals surface area contributed by atoms with Crippen LogP contribution in [-0.4, -0.2) is 28.8 Å². The van der Waals surface area contributed by atoms with Crippen LogP contribution >= 0.6 is 15.9 Å². The number of benzene rings is 1. The Kier molecular flexibility index (Phi) is 4.17. The first-order chi connectivity index (χ1) is 11.3. The molecule has 2 aromatic rings. The molecule has 1 aliphatic heterocycles. The summed E-state index contributed by atoms with van der Waals surface area (Å²) in [6, 6.07) is 10.0. The number of halogens is 1. The molecule has 0 saturated carbocycles. The highest BCUT2D eigenvalue weighted by atomic mass is 79.9. The molecule has 2 atom stereocenters. The van der Waals surface area contributed by atoms with E-state index in [0.717, 1.165) is 21.2 Å². The summed E-state index contributed by atoms with van der Waals surface area (Å²) in [5.74, 6) is -0.224. The molecule has 0 unspecified atom stereocenters. The number of hydrogen-bond acceptors (Lipinski definition) is 3. The first-order valence-electron chi connectivity index (χ1n) is 7.68. The lowest BCUT2D eigenvalue weighted by molar-refractivity contribution is -0.134. The van der Waals surface area contributed by atoms with E-state index in [2.05, 4.69) is 32.3 Å². The van der Waals surface area contributed by atoms with Crippen LogP contribution in [0.5, 0.6) is 0 Å². The van der Waals surface area contributed by atoms with Crippen LogP contribution in [-0.2, 0) is 10.3 Å². The zero-order chi connectivity index (χ0) is 17.5. The molecule has 1 aromatic carbocycles. The number of hydrogen-bond donors (Lipinski definition) is 2. The Morgan fingerprint density at radius 2 is 2.04 bits per heavy atom. The molecule has 0 radical (unpaired) electrons. The Balaban J connectivity index is 2.05. The van der Waals surface area contributed by atoms with E-state index in [-0.39, 0.29) is 17.8 Å². The number of nitrogens with one attached hydrogen (secondary N) is 2. The molecule has 124 valence electrons. The van der Waals surface area contributed by atoms with Crippen LogP contribution in [0.15, 0.2) is 47.2 Å². The largest absolute Gasteiger partial charge is 0.346 e. The first kappa shape index (κ1) is 16.6. The zero-order valence-electron chi connectivity index (χ0n) is 13.8. The number of rotatable bonds is 2. The first-order valence-corrected chi connectivity index (χ1v) is 8.48. The molecule has 0 spiro atoms. The molecule has 3 rings (SSSR count). The number of amides is 1. The van der Waals surface area contributed by atoms with Crippen LogP contribution < -0.4 is 5.32 Å². The number of carbonyl (C=O) groups excluding carboxylic acids is 1. The molecule has 1 fully saturated rings. The third kappa shape index (κ3) is 2.71. The molecule has 2 N–H and O–H groups in total. The van der Waals surface area contributed by atoms with E-state index in [4.69, 9.17) is 5.41 Å². The third-order valence-corrected chi connectivity index (χ3v) is 5.21. The number of carbonyl (C=O) groups is 1. The minimum absolute atomic E-state index is 0.0595. The van der Waals surface area contributed by atoms with E-state index < -0.39 is 5.54 Å². The highest BCUT2D eigenvalue weighted by molar-refractivity contribution is 9.10. The van der Waals surface area contributed by atoms with E-state index in [9.17, 15) is 4.79 Å². The van der Waals surface area contributed by atoms with Crippen molar-refractivity contribution in [3.63, 3.8) is 0 Å². The Labute approximate surface area is 149 Å². The Morgan fingerprint density at radius 1 is 1.29 bits per heavy atom. The smallest absolute Gasteiger partial charge is 0.234 e. The summed E-state index contributed by atoms with van der Waals surface area (Å²) in [5.41, 5.74) is 2.36. The summed E-state index contributed by atoms with van der Waals surface area (Å²) < 4.78 is 0.916. The van der Waals surface area contributed by atoms with Crippen molar-refractivity contribution in [2.45, 2.75) is 19.4 Å². The average molecular weight is 387 g/mol. The summed E-state index contributed by atoms with van der Waals surface area (Å²) in [6.07, 6.45) is 3.56. The van der Waals surface area contributed by atoms with Gasteiger partial charge in [0.2, 0.25) is 5.91 Å². The Hall–Kier alpha value is -2.21. The molecule has 1 aliphatic rings. The summed E-state index contributed by atoms with van der Waals surface area (Å²) in [6.45, 7) is 3.86. The van der Waals surface area contributed by atoms with E-state index in [1.165, 1.54) is 4.90 Å². The predicted molar refractivity (Wildman–Crippen MR) is 97.5 cm³/mol. The monoisotopic (exact) mass is 386 g/mol. The minimum Gasteiger partial charge on any atom is -0.346 e. The number of guanidine groups is 1. The van der Waals surface area contributed by atoms with Gasteiger partial charge in [0.05, 0.1) is 11.5 Å². The quantitative estimate of drug-likeness (QED) is 0.831. The van der Waals surface area contributed by atoms with E-state index in [1.807, 2.05) is 44.3 Å². The van der Waals surface area contributed by atoms with Gasteiger partial charge in [-0.1, -0.05) is 25.1 Å². The molecule has 6 heteroatoms. The van der Waals surface area contributed by atoms with Gasteiger partial charge in [-0.05, 0) is 46.1 Å². The highest BCUT2D eigenvalue weighted by Gasteiger charge is 2.44. The SMILES string of the molecule is C[C@@H]1C(=O)N(C)C(=N)N[C@]1(C)c1cccc(-c2cncc(Br)c2)c1. The predicted octanol–water partition coefficient (Wildman–Crippen LogP) is 3.36. The van der Waals surface area contributed by atoms with Crippen LogP contribution in [0.1, 0.15) is 19.4 Å².